The number of amides is 2. The molecule has 1 aromatic rings. The maximum atomic E-state index is 14.0. The molecule has 0 unspecified atom stereocenters. The lowest BCUT2D eigenvalue weighted by Crippen LogP contribution is -2.59. The number of nitriles is 1. The molecule has 0 radical (unpaired) electrons. The van der Waals surface area contributed by atoms with Crippen molar-refractivity contribution in [2.45, 2.75) is 78.8 Å². The average molecular weight is 648 g/mol. The number of hydrogen-bond acceptors (Lipinski definition) is 7. The predicted molar refractivity (Wildman–Crippen MR) is 147 cm³/mol. The van der Waals surface area contributed by atoms with Crippen LogP contribution in [-0.2, 0) is 20.8 Å². The van der Waals surface area contributed by atoms with Crippen LogP contribution < -0.4 is 10.2 Å². The first-order valence-electron chi connectivity index (χ1n) is 14.6. The first-order valence-corrected chi connectivity index (χ1v) is 16.1. The number of sulfone groups is 1. The fourth-order valence-corrected chi connectivity index (χ4v) is 8.15. The molecule has 3 saturated carbocycles. The third-order valence-electron chi connectivity index (χ3n) is 8.96. The van der Waals surface area contributed by atoms with Gasteiger partial charge >= 0.3 is 12.3 Å². The van der Waals surface area contributed by atoms with Gasteiger partial charge in [-0.25, -0.2) is 22.0 Å². The van der Waals surface area contributed by atoms with Crippen molar-refractivity contribution in [1.82, 2.24) is 15.1 Å². The van der Waals surface area contributed by atoms with Crippen LogP contribution in [0.5, 0.6) is 0 Å². The Labute approximate surface area is 251 Å². The van der Waals surface area contributed by atoms with Crippen molar-refractivity contribution in [2.75, 3.05) is 44.2 Å². The number of rotatable bonds is 6. The standard InChI is InChI=1S/C23H28F5N3O3S.C5H6N2O2/c24-22(25)13-31(14-22)21(32)15-1-5-18(11-15)35(33,34)20-6-4-17(12-19(20)23(26,27)28)30-9-7-29(8-10-30)16-2-3-16;6-3-5(1-2-5)7-4(8)9/h4,6,12,15-16,18H,1-3,5,7-11,13-14H2;7H,1-2H2,(H,8,9)/t15-,18-;/m1./s1. The summed E-state index contributed by atoms with van der Waals surface area (Å²) in [5.41, 5.74) is -1.59. The second kappa shape index (κ2) is 11.6. The Bertz CT molecular complexity index is 1420. The second-order valence-corrected chi connectivity index (χ2v) is 14.5. The third kappa shape index (κ3) is 7.03. The first-order chi connectivity index (χ1) is 20.5. The number of nitrogens with zero attached hydrogens (tertiary/aromatic N) is 4. The van der Waals surface area contributed by atoms with E-state index in [-0.39, 0.29) is 19.3 Å². The topological polar surface area (TPSA) is 134 Å². The first kappa shape index (κ1) is 32.2. The molecule has 0 spiro atoms. The van der Waals surface area contributed by atoms with E-state index in [1.807, 2.05) is 11.0 Å². The number of benzene rings is 1. The Hall–Kier alpha value is -3.19. The zero-order valence-corrected chi connectivity index (χ0v) is 24.6. The van der Waals surface area contributed by atoms with Crippen LogP contribution in [-0.4, -0.2) is 97.3 Å². The summed E-state index contributed by atoms with van der Waals surface area (Å²) in [4.78, 5) is 26.8. The second-order valence-electron chi connectivity index (χ2n) is 12.3. The summed E-state index contributed by atoms with van der Waals surface area (Å²) in [5.74, 6) is -4.26. The van der Waals surface area contributed by atoms with E-state index in [9.17, 15) is 40.0 Å². The number of carboxylic acid groups (broad SMARTS) is 1. The third-order valence-corrected chi connectivity index (χ3v) is 11.2. The monoisotopic (exact) mass is 647 g/mol. The molecule has 44 heavy (non-hydrogen) atoms. The Morgan fingerprint density at radius 1 is 1.02 bits per heavy atom. The minimum atomic E-state index is -4.87. The molecule has 2 amide bonds. The maximum Gasteiger partial charge on any atom is 0.417 e. The molecule has 2 saturated heterocycles. The summed E-state index contributed by atoms with van der Waals surface area (Å²) in [6, 6.07) is 5.85. The van der Waals surface area contributed by atoms with Crippen molar-refractivity contribution in [1.29, 1.82) is 5.26 Å². The number of alkyl halides is 5. The predicted octanol–water partition coefficient (Wildman–Crippen LogP) is 3.72. The number of piperazine rings is 1. The van der Waals surface area contributed by atoms with E-state index in [0.717, 1.165) is 43.0 Å². The molecule has 5 fully saturated rings. The van der Waals surface area contributed by atoms with Gasteiger partial charge in [0.05, 0.1) is 34.9 Å². The number of carbonyl (C=O) groups is 2. The van der Waals surface area contributed by atoms with Gasteiger partial charge in [-0.1, -0.05) is 0 Å². The van der Waals surface area contributed by atoms with Gasteiger partial charge < -0.3 is 20.2 Å². The summed E-state index contributed by atoms with van der Waals surface area (Å²) >= 11 is 0. The van der Waals surface area contributed by atoms with Crippen LogP contribution >= 0.6 is 0 Å². The fourth-order valence-electron chi connectivity index (χ4n) is 6.12. The van der Waals surface area contributed by atoms with Crippen LogP contribution in [0, 0.1) is 17.2 Å². The van der Waals surface area contributed by atoms with Gasteiger partial charge in [-0.05, 0) is 63.1 Å². The van der Waals surface area contributed by atoms with E-state index in [0.29, 0.717) is 37.7 Å². The van der Waals surface area contributed by atoms with Crippen LogP contribution in [0.4, 0.5) is 32.4 Å². The molecule has 0 aromatic heterocycles. The Balaban J connectivity index is 0.000000367. The Morgan fingerprint density at radius 3 is 2.14 bits per heavy atom. The summed E-state index contributed by atoms with van der Waals surface area (Å²) in [6.07, 6.45) is -2.37. The highest BCUT2D eigenvalue weighted by molar-refractivity contribution is 7.92. The van der Waals surface area contributed by atoms with Crippen molar-refractivity contribution in [3.05, 3.63) is 23.8 Å². The average Bonchev–Trinajstić information content (AvgIpc) is 3.88. The lowest BCUT2D eigenvalue weighted by Gasteiger charge is -2.40. The maximum absolute atomic E-state index is 14.0. The largest absolute Gasteiger partial charge is 0.465 e. The molecular weight excluding hydrogens is 613 g/mol. The highest BCUT2D eigenvalue weighted by Gasteiger charge is 2.50. The van der Waals surface area contributed by atoms with E-state index < -0.39 is 74.2 Å². The van der Waals surface area contributed by atoms with Crippen molar-refractivity contribution in [2.24, 2.45) is 5.92 Å². The van der Waals surface area contributed by atoms with Crippen molar-refractivity contribution >= 4 is 27.5 Å². The van der Waals surface area contributed by atoms with Crippen molar-refractivity contribution < 1.29 is 45.1 Å². The number of halogens is 5. The minimum absolute atomic E-state index is 0.0190. The van der Waals surface area contributed by atoms with Gasteiger partial charge in [0.15, 0.2) is 9.84 Å². The van der Waals surface area contributed by atoms with Gasteiger partial charge in [-0.3, -0.25) is 9.69 Å². The molecule has 3 aliphatic carbocycles. The normalized spacial score (nSPS) is 26.1. The van der Waals surface area contributed by atoms with Crippen LogP contribution in [0.3, 0.4) is 0 Å². The number of anilines is 1. The van der Waals surface area contributed by atoms with Gasteiger partial charge in [-0.2, -0.15) is 18.4 Å². The molecular formula is C28H34F5N5O5S. The van der Waals surface area contributed by atoms with Crippen LogP contribution in [0.1, 0.15) is 50.5 Å². The van der Waals surface area contributed by atoms with E-state index in [4.69, 9.17) is 10.4 Å². The van der Waals surface area contributed by atoms with Crippen LogP contribution in [0.15, 0.2) is 23.1 Å². The van der Waals surface area contributed by atoms with E-state index in [1.165, 1.54) is 6.07 Å². The molecule has 242 valence electrons. The zero-order valence-electron chi connectivity index (χ0n) is 23.8. The molecule has 1 aromatic carbocycles. The van der Waals surface area contributed by atoms with Crippen LogP contribution in [0.2, 0.25) is 0 Å². The van der Waals surface area contributed by atoms with Gasteiger partial charge in [0.1, 0.15) is 5.54 Å². The van der Waals surface area contributed by atoms with Gasteiger partial charge in [0, 0.05) is 43.8 Å². The van der Waals surface area contributed by atoms with E-state index in [2.05, 4.69) is 10.2 Å². The smallest absolute Gasteiger partial charge is 0.417 e. The molecule has 2 aliphatic heterocycles. The zero-order chi connectivity index (χ0) is 32.1. The number of nitrogens with one attached hydrogen (secondary N) is 1. The van der Waals surface area contributed by atoms with Gasteiger partial charge in [-0.15, -0.1) is 0 Å². The molecule has 6 rings (SSSR count). The summed E-state index contributed by atoms with van der Waals surface area (Å²) in [5, 5.41) is 17.5. The highest BCUT2D eigenvalue weighted by Crippen LogP contribution is 2.42. The van der Waals surface area contributed by atoms with Crippen LogP contribution in [0.25, 0.3) is 0 Å². The van der Waals surface area contributed by atoms with Gasteiger partial charge in [0.2, 0.25) is 5.91 Å². The highest BCUT2D eigenvalue weighted by atomic mass is 32.2. The lowest BCUT2D eigenvalue weighted by atomic mass is 10.0. The Kier molecular flexibility index (Phi) is 8.51. The quantitative estimate of drug-likeness (QED) is 0.447. The van der Waals surface area contributed by atoms with E-state index >= 15 is 0 Å². The summed E-state index contributed by atoms with van der Waals surface area (Å²) in [7, 11) is -4.38. The number of carbonyl (C=O) groups excluding carboxylic acids is 1. The number of hydrogen-bond donors (Lipinski definition) is 2. The molecule has 5 aliphatic rings. The number of likely N-dealkylation sites (tertiary alicyclic amines) is 1. The van der Waals surface area contributed by atoms with Gasteiger partial charge in [0.25, 0.3) is 5.92 Å². The molecule has 2 N–H and O–H groups in total. The minimum Gasteiger partial charge on any atom is -0.465 e. The SMILES string of the molecule is N#CC1(NC(=O)O)CC1.O=C([C@@H]1CC[C@@H](S(=O)(=O)c2ccc(N3CCN(C4CC4)CC3)cc2C(F)(F)F)C1)N1CC(F)(F)C1. The Morgan fingerprint density at radius 2 is 1.66 bits per heavy atom. The fraction of sp³-hybridized carbons (Fsp3) is 0.679. The van der Waals surface area contributed by atoms with Crippen molar-refractivity contribution in [3.63, 3.8) is 0 Å². The van der Waals surface area contributed by atoms with E-state index in [1.54, 1.807) is 0 Å². The molecule has 2 atom stereocenters. The molecule has 16 heteroatoms. The summed E-state index contributed by atoms with van der Waals surface area (Å²) < 4.78 is 94.8. The lowest BCUT2D eigenvalue weighted by molar-refractivity contribution is -0.169. The summed E-state index contributed by atoms with van der Waals surface area (Å²) in [6.45, 7) is 1.26. The molecule has 10 nitrogen and oxygen atoms in total. The molecule has 2 heterocycles. The van der Waals surface area contributed by atoms with Crippen molar-refractivity contribution in [3.8, 4) is 6.07 Å². The molecule has 0 bridgehead atoms.